The second-order valence-electron chi connectivity index (χ2n) is 6.95. The van der Waals surface area contributed by atoms with Gasteiger partial charge >= 0.3 is 0 Å². The Kier molecular flexibility index (Phi) is 5.09. The van der Waals surface area contributed by atoms with Crippen LogP contribution in [-0.2, 0) is 11.2 Å². The van der Waals surface area contributed by atoms with E-state index in [4.69, 9.17) is 0 Å². The Bertz CT molecular complexity index is 998. The van der Waals surface area contributed by atoms with Crippen molar-refractivity contribution in [3.63, 3.8) is 0 Å². The third kappa shape index (κ3) is 3.49. The fraction of sp³-hybridized carbons (Fsp3) is 0.286. The molecule has 0 aliphatic carbocycles. The van der Waals surface area contributed by atoms with Gasteiger partial charge in [-0.15, -0.1) is 10.2 Å². The summed E-state index contributed by atoms with van der Waals surface area (Å²) >= 11 is 1.45. The minimum Gasteiger partial charge on any atom is -0.325 e. The standard InChI is InChI=1S/C21H23N5OS/c1-4-17-23-24-21-26(17)25-18(15-11-9-13(2)10-12-15)19(28-21)20(27)22-16-8-6-5-7-14(16)3/h5-12,18-19,25H,4H2,1-3H3,(H,22,27)/t18-,19-/m1/s1. The van der Waals surface area contributed by atoms with Gasteiger partial charge < -0.3 is 10.7 Å². The maximum Gasteiger partial charge on any atom is 0.240 e. The number of aromatic nitrogens is 3. The lowest BCUT2D eigenvalue weighted by Gasteiger charge is -2.33. The van der Waals surface area contributed by atoms with Crippen molar-refractivity contribution in [1.82, 2.24) is 14.9 Å². The van der Waals surface area contributed by atoms with Crippen LogP contribution in [0.1, 0.15) is 35.5 Å². The molecule has 0 saturated heterocycles. The number of nitrogens with one attached hydrogen (secondary N) is 2. The average Bonchev–Trinajstić information content (AvgIpc) is 3.11. The molecule has 1 aromatic heterocycles. The Morgan fingerprint density at radius 3 is 2.61 bits per heavy atom. The first-order chi connectivity index (χ1) is 13.6. The summed E-state index contributed by atoms with van der Waals surface area (Å²) < 4.78 is 1.91. The van der Waals surface area contributed by atoms with Crippen LogP contribution in [0, 0.1) is 13.8 Å². The molecule has 0 bridgehead atoms. The summed E-state index contributed by atoms with van der Waals surface area (Å²) in [5.74, 6) is 0.807. The van der Waals surface area contributed by atoms with Crippen molar-refractivity contribution >= 4 is 23.4 Å². The van der Waals surface area contributed by atoms with E-state index in [0.29, 0.717) is 5.16 Å². The Morgan fingerprint density at radius 1 is 1.14 bits per heavy atom. The summed E-state index contributed by atoms with van der Waals surface area (Å²) in [5.41, 5.74) is 7.59. The molecule has 3 aromatic rings. The fourth-order valence-corrected chi connectivity index (χ4v) is 4.37. The maximum atomic E-state index is 13.2. The van der Waals surface area contributed by atoms with Crippen LogP contribution < -0.4 is 10.7 Å². The van der Waals surface area contributed by atoms with Gasteiger partial charge in [0.15, 0.2) is 5.82 Å². The molecule has 144 valence electrons. The topological polar surface area (TPSA) is 71.8 Å². The molecular formula is C21H23N5OS. The highest BCUT2D eigenvalue weighted by Gasteiger charge is 2.37. The van der Waals surface area contributed by atoms with Crippen LogP contribution >= 0.6 is 11.8 Å². The van der Waals surface area contributed by atoms with E-state index >= 15 is 0 Å². The summed E-state index contributed by atoms with van der Waals surface area (Å²) in [6.07, 6.45) is 0.765. The van der Waals surface area contributed by atoms with Crippen molar-refractivity contribution in [2.45, 2.75) is 43.6 Å². The van der Waals surface area contributed by atoms with Crippen LogP contribution in [0.3, 0.4) is 0 Å². The molecule has 2 atom stereocenters. The number of rotatable bonds is 4. The van der Waals surface area contributed by atoms with Gasteiger partial charge in [0.05, 0.1) is 6.04 Å². The van der Waals surface area contributed by atoms with Crippen LogP contribution in [0.2, 0.25) is 0 Å². The first-order valence-electron chi connectivity index (χ1n) is 9.37. The lowest BCUT2D eigenvalue weighted by molar-refractivity contribution is -0.116. The van der Waals surface area contributed by atoms with Crippen molar-refractivity contribution < 1.29 is 4.79 Å². The van der Waals surface area contributed by atoms with Gasteiger partial charge in [-0.25, -0.2) is 4.68 Å². The summed E-state index contributed by atoms with van der Waals surface area (Å²) in [5, 5.41) is 11.9. The zero-order chi connectivity index (χ0) is 19.7. The van der Waals surface area contributed by atoms with Gasteiger partial charge in [0, 0.05) is 12.1 Å². The summed E-state index contributed by atoms with van der Waals surface area (Å²) in [6, 6.07) is 15.9. The van der Waals surface area contributed by atoms with Crippen molar-refractivity contribution in [2.75, 3.05) is 10.7 Å². The van der Waals surface area contributed by atoms with E-state index in [1.807, 2.05) is 42.8 Å². The van der Waals surface area contributed by atoms with Crippen molar-refractivity contribution in [1.29, 1.82) is 0 Å². The number of amides is 1. The van der Waals surface area contributed by atoms with Crippen molar-refractivity contribution in [2.24, 2.45) is 0 Å². The molecule has 1 aliphatic rings. The molecule has 0 spiro atoms. The molecule has 1 amide bonds. The van der Waals surface area contributed by atoms with Crippen LogP contribution in [-0.4, -0.2) is 26.0 Å². The van der Waals surface area contributed by atoms with E-state index in [2.05, 4.69) is 52.1 Å². The first-order valence-corrected chi connectivity index (χ1v) is 10.3. The maximum absolute atomic E-state index is 13.2. The number of thioether (sulfide) groups is 1. The number of carbonyl (C=O) groups is 1. The zero-order valence-corrected chi connectivity index (χ0v) is 17.0. The molecule has 0 unspecified atom stereocenters. The van der Waals surface area contributed by atoms with E-state index in [1.165, 1.54) is 17.3 Å². The van der Waals surface area contributed by atoms with Gasteiger partial charge in [-0.05, 0) is 31.0 Å². The molecule has 1 aliphatic heterocycles. The molecule has 4 rings (SSSR count). The van der Waals surface area contributed by atoms with Crippen LogP contribution in [0.25, 0.3) is 0 Å². The Labute approximate surface area is 168 Å². The number of carbonyl (C=O) groups excluding carboxylic acids is 1. The number of hydrogen-bond acceptors (Lipinski definition) is 5. The van der Waals surface area contributed by atoms with Gasteiger partial charge in [0.25, 0.3) is 0 Å². The van der Waals surface area contributed by atoms with Gasteiger partial charge in [-0.1, -0.05) is 66.7 Å². The Balaban J connectivity index is 1.68. The van der Waals surface area contributed by atoms with Crippen molar-refractivity contribution in [3.05, 3.63) is 71.0 Å². The number of hydrogen-bond donors (Lipinski definition) is 2. The second-order valence-corrected chi connectivity index (χ2v) is 8.06. The SMILES string of the molecule is CCc1nnc2n1N[C@H](c1ccc(C)cc1)[C@H](C(=O)Nc1ccccc1C)S2. The number of para-hydroxylation sites is 1. The predicted octanol–water partition coefficient (Wildman–Crippen LogP) is 3.86. The third-order valence-electron chi connectivity index (χ3n) is 4.92. The highest BCUT2D eigenvalue weighted by atomic mass is 32.2. The summed E-state index contributed by atoms with van der Waals surface area (Å²) in [4.78, 5) is 13.2. The van der Waals surface area contributed by atoms with E-state index in [-0.39, 0.29) is 17.2 Å². The average molecular weight is 394 g/mol. The quantitative estimate of drug-likeness (QED) is 0.704. The van der Waals surface area contributed by atoms with Gasteiger partial charge in [-0.2, -0.15) is 0 Å². The molecular weight excluding hydrogens is 370 g/mol. The Hall–Kier alpha value is -2.80. The van der Waals surface area contributed by atoms with E-state index in [0.717, 1.165) is 29.1 Å². The molecule has 2 N–H and O–H groups in total. The predicted molar refractivity (Wildman–Crippen MR) is 112 cm³/mol. The molecule has 28 heavy (non-hydrogen) atoms. The first kappa shape index (κ1) is 18.6. The highest BCUT2D eigenvalue weighted by Crippen LogP contribution is 2.37. The molecule has 2 heterocycles. The largest absolute Gasteiger partial charge is 0.325 e. The number of aryl methyl sites for hydroxylation is 3. The second kappa shape index (κ2) is 7.67. The lowest BCUT2D eigenvalue weighted by Crippen LogP contribution is -2.41. The number of fused-ring (bicyclic) bond motifs is 1. The Morgan fingerprint density at radius 2 is 1.89 bits per heavy atom. The molecule has 7 heteroatoms. The van der Waals surface area contributed by atoms with E-state index < -0.39 is 0 Å². The van der Waals surface area contributed by atoms with Gasteiger partial charge in [0.1, 0.15) is 5.25 Å². The molecule has 2 aromatic carbocycles. The minimum absolute atomic E-state index is 0.0512. The van der Waals surface area contributed by atoms with Crippen LogP contribution in [0.15, 0.2) is 53.7 Å². The van der Waals surface area contributed by atoms with Gasteiger partial charge in [0.2, 0.25) is 11.1 Å². The highest BCUT2D eigenvalue weighted by molar-refractivity contribution is 8.00. The zero-order valence-electron chi connectivity index (χ0n) is 16.1. The number of nitrogens with zero attached hydrogens (tertiary/aromatic N) is 3. The molecule has 6 nitrogen and oxygen atoms in total. The van der Waals surface area contributed by atoms with E-state index in [9.17, 15) is 4.79 Å². The van der Waals surface area contributed by atoms with Gasteiger partial charge in [-0.3, -0.25) is 4.79 Å². The third-order valence-corrected chi connectivity index (χ3v) is 6.13. The number of anilines is 1. The smallest absolute Gasteiger partial charge is 0.240 e. The molecule has 0 fully saturated rings. The summed E-state index contributed by atoms with van der Waals surface area (Å²) in [6.45, 7) is 6.09. The van der Waals surface area contributed by atoms with Crippen LogP contribution in [0.4, 0.5) is 5.69 Å². The number of benzene rings is 2. The molecule has 0 saturated carbocycles. The monoisotopic (exact) mass is 393 g/mol. The van der Waals surface area contributed by atoms with E-state index in [1.54, 1.807) is 0 Å². The summed E-state index contributed by atoms with van der Waals surface area (Å²) in [7, 11) is 0. The molecule has 0 radical (unpaired) electrons. The van der Waals surface area contributed by atoms with Crippen LogP contribution in [0.5, 0.6) is 0 Å². The fourth-order valence-electron chi connectivity index (χ4n) is 3.27. The lowest BCUT2D eigenvalue weighted by atomic mass is 10.0. The normalized spacial score (nSPS) is 18.2. The minimum atomic E-state index is -0.372. The van der Waals surface area contributed by atoms with Crippen molar-refractivity contribution in [3.8, 4) is 0 Å².